The van der Waals surface area contributed by atoms with Crippen LogP contribution in [0.4, 0.5) is 0 Å². The second kappa shape index (κ2) is 8.96. The van der Waals surface area contributed by atoms with Crippen LogP contribution in [0, 0.1) is 0 Å². The van der Waals surface area contributed by atoms with Gasteiger partial charge in [-0.1, -0.05) is 65.0 Å². The quantitative estimate of drug-likeness (QED) is 0.542. The van der Waals surface area contributed by atoms with Gasteiger partial charge in [0.15, 0.2) is 4.34 Å². The summed E-state index contributed by atoms with van der Waals surface area (Å²) < 4.78 is 29.2. The molecule has 0 aliphatic heterocycles. The molecule has 0 fully saturated rings. The molecule has 1 heterocycles. The Labute approximate surface area is 165 Å². The van der Waals surface area contributed by atoms with Gasteiger partial charge >= 0.3 is 0 Å². The molecule has 3 aromatic rings. The van der Waals surface area contributed by atoms with Crippen LogP contribution in [-0.4, -0.2) is 24.4 Å². The maximum absolute atomic E-state index is 12.7. The predicted molar refractivity (Wildman–Crippen MR) is 106 cm³/mol. The third-order valence-electron chi connectivity index (χ3n) is 3.60. The van der Waals surface area contributed by atoms with Crippen LogP contribution in [0.3, 0.4) is 0 Å². The number of hydrogen-bond acceptors (Lipinski definition) is 6. The summed E-state index contributed by atoms with van der Waals surface area (Å²) >= 11 is 8.89. The van der Waals surface area contributed by atoms with Crippen LogP contribution in [0.1, 0.15) is 18.0 Å². The Morgan fingerprint density at radius 1 is 1.12 bits per heavy atom. The Morgan fingerprint density at radius 2 is 1.85 bits per heavy atom. The number of nitrogens with one attached hydrogen (secondary N) is 1. The van der Waals surface area contributed by atoms with Crippen molar-refractivity contribution in [2.45, 2.75) is 21.7 Å². The van der Waals surface area contributed by atoms with Gasteiger partial charge in [0, 0.05) is 16.8 Å². The summed E-state index contributed by atoms with van der Waals surface area (Å²) in [4.78, 5) is 0.194. The zero-order chi connectivity index (χ0) is 18.4. The minimum Gasteiger partial charge on any atom is -0.207 e. The maximum atomic E-state index is 12.7. The van der Waals surface area contributed by atoms with E-state index in [1.165, 1.54) is 23.5 Å². The highest BCUT2D eigenvalue weighted by molar-refractivity contribution is 8.00. The lowest BCUT2D eigenvalue weighted by atomic mass is 10.1. The fraction of sp³-hybridized carbons (Fsp3) is 0.176. The van der Waals surface area contributed by atoms with Crippen LogP contribution in [0.25, 0.3) is 0 Å². The van der Waals surface area contributed by atoms with Crippen LogP contribution >= 0.6 is 34.7 Å². The number of sulfonamides is 1. The Balaban J connectivity index is 1.75. The van der Waals surface area contributed by atoms with Crippen LogP contribution in [0.15, 0.2) is 69.3 Å². The van der Waals surface area contributed by atoms with E-state index in [9.17, 15) is 8.42 Å². The summed E-state index contributed by atoms with van der Waals surface area (Å²) in [5.74, 6) is 0.720. The molecule has 1 aromatic heterocycles. The monoisotopic (exact) mass is 425 g/mol. The first-order valence-corrected chi connectivity index (χ1v) is 11.5. The Kier molecular flexibility index (Phi) is 6.66. The number of nitrogens with zero attached hydrogens (tertiary/aromatic N) is 2. The van der Waals surface area contributed by atoms with Crippen molar-refractivity contribution >= 4 is 44.7 Å². The Bertz CT molecular complexity index is 918. The molecule has 0 spiro atoms. The van der Waals surface area contributed by atoms with Crippen molar-refractivity contribution in [1.29, 1.82) is 0 Å². The molecule has 0 unspecified atom stereocenters. The van der Waals surface area contributed by atoms with Gasteiger partial charge in [-0.15, -0.1) is 10.2 Å². The van der Waals surface area contributed by atoms with E-state index in [-0.39, 0.29) is 10.9 Å². The molecule has 0 amide bonds. The first kappa shape index (κ1) is 19.3. The largest absolute Gasteiger partial charge is 0.241 e. The van der Waals surface area contributed by atoms with Crippen molar-refractivity contribution in [2.24, 2.45) is 0 Å². The lowest BCUT2D eigenvalue weighted by Gasteiger charge is -2.19. The summed E-state index contributed by atoms with van der Waals surface area (Å²) in [5.41, 5.74) is 2.60. The lowest BCUT2D eigenvalue weighted by Crippen LogP contribution is -2.29. The van der Waals surface area contributed by atoms with Crippen molar-refractivity contribution in [1.82, 2.24) is 14.9 Å². The topological polar surface area (TPSA) is 72.0 Å². The summed E-state index contributed by atoms with van der Waals surface area (Å²) in [7, 11) is -3.65. The number of hydrogen-bond donors (Lipinski definition) is 1. The van der Waals surface area contributed by atoms with Gasteiger partial charge in [0.05, 0.1) is 4.90 Å². The van der Waals surface area contributed by atoms with Gasteiger partial charge < -0.3 is 0 Å². The van der Waals surface area contributed by atoms with Crippen LogP contribution in [-0.2, 0) is 10.0 Å². The molecule has 0 saturated heterocycles. The van der Waals surface area contributed by atoms with E-state index in [2.05, 4.69) is 14.9 Å². The number of benzene rings is 2. The summed E-state index contributed by atoms with van der Waals surface area (Å²) in [6.45, 7) is 0. The van der Waals surface area contributed by atoms with Crippen molar-refractivity contribution in [3.8, 4) is 0 Å². The van der Waals surface area contributed by atoms with Crippen molar-refractivity contribution in [3.05, 3.63) is 70.7 Å². The van der Waals surface area contributed by atoms with Gasteiger partial charge in [0.25, 0.3) is 0 Å². The summed E-state index contributed by atoms with van der Waals surface area (Å²) in [5, 5.41) is 8.30. The highest BCUT2D eigenvalue weighted by Gasteiger charge is 2.21. The van der Waals surface area contributed by atoms with E-state index in [4.69, 9.17) is 11.6 Å². The minimum atomic E-state index is -3.65. The standard InChI is InChI=1S/C17H16ClN3O2S3/c18-14-6-8-15(9-7-14)26(22,23)21-16(13-4-2-1-3-5-13)10-11-24-17-20-19-12-25-17/h1-9,12,16,21H,10-11H2/t16-/m0/s1. The second-order valence-electron chi connectivity index (χ2n) is 5.38. The lowest BCUT2D eigenvalue weighted by molar-refractivity contribution is 0.551. The Morgan fingerprint density at radius 3 is 2.50 bits per heavy atom. The molecule has 26 heavy (non-hydrogen) atoms. The molecular formula is C17H16ClN3O2S3. The SMILES string of the molecule is O=S(=O)(N[C@@H](CCSc1nncs1)c1ccccc1)c1ccc(Cl)cc1. The van der Waals surface area contributed by atoms with E-state index in [1.807, 2.05) is 30.3 Å². The maximum Gasteiger partial charge on any atom is 0.241 e. The molecule has 9 heteroatoms. The van der Waals surface area contributed by atoms with E-state index in [0.717, 1.165) is 15.7 Å². The average Bonchev–Trinajstić information content (AvgIpc) is 3.15. The molecule has 5 nitrogen and oxygen atoms in total. The van der Waals surface area contributed by atoms with E-state index >= 15 is 0 Å². The van der Waals surface area contributed by atoms with Crippen LogP contribution < -0.4 is 4.72 Å². The molecule has 3 rings (SSSR count). The molecule has 0 saturated carbocycles. The third kappa shape index (κ3) is 5.28. The zero-order valence-electron chi connectivity index (χ0n) is 13.6. The fourth-order valence-corrected chi connectivity index (χ4v) is 5.29. The van der Waals surface area contributed by atoms with E-state index in [1.54, 1.807) is 29.4 Å². The molecule has 1 atom stereocenters. The smallest absolute Gasteiger partial charge is 0.207 e. The predicted octanol–water partition coefficient (Wildman–Crippen LogP) is 4.39. The van der Waals surface area contributed by atoms with Gasteiger partial charge in [0.2, 0.25) is 10.0 Å². The number of halogens is 1. The van der Waals surface area contributed by atoms with Gasteiger partial charge in [-0.3, -0.25) is 0 Å². The van der Waals surface area contributed by atoms with Gasteiger partial charge in [-0.25, -0.2) is 13.1 Å². The van der Waals surface area contributed by atoms with E-state index < -0.39 is 10.0 Å². The highest BCUT2D eigenvalue weighted by atomic mass is 35.5. The molecular weight excluding hydrogens is 410 g/mol. The molecule has 2 aromatic carbocycles. The summed E-state index contributed by atoms with van der Waals surface area (Å²) in [6, 6.07) is 15.4. The molecule has 0 radical (unpaired) electrons. The first-order chi connectivity index (χ1) is 12.5. The highest BCUT2D eigenvalue weighted by Crippen LogP contribution is 2.26. The van der Waals surface area contributed by atoms with Crippen molar-refractivity contribution in [2.75, 3.05) is 5.75 Å². The fourth-order valence-electron chi connectivity index (χ4n) is 2.34. The molecule has 0 bridgehead atoms. The number of thioether (sulfide) groups is 1. The van der Waals surface area contributed by atoms with Crippen molar-refractivity contribution < 1.29 is 8.42 Å². The third-order valence-corrected chi connectivity index (χ3v) is 7.23. The molecule has 1 N–H and O–H groups in total. The first-order valence-electron chi connectivity index (χ1n) is 7.76. The Hall–Kier alpha value is -1.45. The zero-order valence-corrected chi connectivity index (χ0v) is 16.8. The minimum absolute atomic E-state index is 0.194. The summed E-state index contributed by atoms with van der Waals surface area (Å²) in [6.07, 6.45) is 0.626. The van der Waals surface area contributed by atoms with Gasteiger partial charge in [-0.2, -0.15) is 0 Å². The molecule has 0 aliphatic rings. The van der Waals surface area contributed by atoms with Crippen LogP contribution in [0.2, 0.25) is 5.02 Å². The molecule has 0 aliphatic carbocycles. The van der Waals surface area contributed by atoms with E-state index in [0.29, 0.717) is 11.4 Å². The average molecular weight is 426 g/mol. The van der Waals surface area contributed by atoms with Crippen molar-refractivity contribution in [3.63, 3.8) is 0 Å². The van der Waals surface area contributed by atoms with Gasteiger partial charge in [0.1, 0.15) is 5.51 Å². The van der Waals surface area contributed by atoms with Crippen LogP contribution in [0.5, 0.6) is 0 Å². The van der Waals surface area contributed by atoms with Gasteiger partial charge in [-0.05, 0) is 36.2 Å². The number of rotatable bonds is 8. The normalized spacial score (nSPS) is 12.8. The second-order valence-corrected chi connectivity index (χ2v) is 9.71. The number of aromatic nitrogens is 2. The molecule has 136 valence electrons.